The molecule has 1 N–H and O–H groups in total. The summed E-state index contributed by atoms with van der Waals surface area (Å²) in [5.74, 6) is 0.918. The van der Waals surface area contributed by atoms with Gasteiger partial charge in [-0.3, -0.25) is 9.89 Å². The zero-order chi connectivity index (χ0) is 18.8. The Hall–Kier alpha value is -3.16. The highest BCUT2D eigenvalue weighted by molar-refractivity contribution is 5.93. The maximum absolute atomic E-state index is 12.8. The number of amides is 1. The molecule has 0 radical (unpaired) electrons. The first-order valence-corrected chi connectivity index (χ1v) is 9.18. The number of hydrogen-bond acceptors (Lipinski definition) is 5. The zero-order valence-electron chi connectivity index (χ0n) is 15.6. The fourth-order valence-electron chi connectivity index (χ4n) is 3.35. The van der Waals surface area contributed by atoms with Crippen LogP contribution in [0, 0.1) is 0 Å². The van der Waals surface area contributed by atoms with Crippen molar-refractivity contribution in [2.24, 2.45) is 7.05 Å². The van der Waals surface area contributed by atoms with Crippen LogP contribution in [-0.4, -0.2) is 61.7 Å². The lowest BCUT2D eigenvalue weighted by Crippen LogP contribution is -2.49. The number of anilines is 1. The second kappa shape index (κ2) is 7.22. The molecule has 0 atom stereocenters. The quantitative estimate of drug-likeness (QED) is 0.761. The SMILES string of the molecule is CCc1cc(N2CCN(C(=O)c3cc(-c4cccn4C)n[nH]3)CC2)ncn1. The molecule has 4 heterocycles. The van der Waals surface area contributed by atoms with Crippen molar-refractivity contribution >= 4 is 11.7 Å². The van der Waals surface area contributed by atoms with Crippen molar-refractivity contribution in [1.29, 1.82) is 0 Å². The molecule has 140 valence electrons. The predicted molar refractivity (Wildman–Crippen MR) is 103 cm³/mol. The van der Waals surface area contributed by atoms with Crippen LogP contribution in [0.15, 0.2) is 36.8 Å². The van der Waals surface area contributed by atoms with E-state index in [1.54, 1.807) is 6.33 Å². The molecule has 0 saturated carbocycles. The van der Waals surface area contributed by atoms with Gasteiger partial charge in [0.25, 0.3) is 5.91 Å². The topological polar surface area (TPSA) is 82.9 Å². The molecular formula is C19H23N7O. The smallest absolute Gasteiger partial charge is 0.272 e. The minimum absolute atomic E-state index is 0.0143. The standard InChI is InChI=1S/C19H23N7O/c1-3-14-11-18(21-13-20-14)25-7-9-26(10-8-25)19(27)16-12-15(22-23-16)17-5-4-6-24(17)2/h4-6,11-13H,3,7-10H2,1-2H3,(H,22,23). The van der Waals surface area contributed by atoms with Crippen LogP contribution in [0.1, 0.15) is 23.1 Å². The number of aromatic nitrogens is 5. The predicted octanol–water partition coefficient (Wildman–Crippen LogP) is 1.73. The number of nitrogens with one attached hydrogen (secondary N) is 1. The Balaban J connectivity index is 1.41. The van der Waals surface area contributed by atoms with Crippen molar-refractivity contribution in [3.63, 3.8) is 0 Å². The molecule has 0 bridgehead atoms. The van der Waals surface area contributed by atoms with Crippen molar-refractivity contribution in [3.8, 4) is 11.4 Å². The Kier molecular flexibility index (Phi) is 4.62. The van der Waals surface area contributed by atoms with Gasteiger partial charge in [0.2, 0.25) is 0 Å². The molecule has 27 heavy (non-hydrogen) atoms. The maximum atomic E-state index is 12.8. The molecule has 1 amide bonds. The first-order chi connectivity index (χ1) is 13.2. The Morgan fingerprint density at radius 1 is 1.19 bits per heavy atom. The third kappa shape index (κ3) is 3.42. The molecule has 3 aromatic heterocycles. The van der Waals surface area contributed by atoms with Gasteiger partial charge >= 0.3 is 0 Å². The zero-order valence-corrected chi connectivity index (χ0v) is 15.6. The summed E-state index contributed by atoms with van der Waals surface area (Å²) >= 11 is 0. The maximum Gasteiger partial charge on any atom is 0.272 e. The molecular weight excluding hydrogens is 342 g/mol. The number of aryl methyl sites for hydroxylation is 2. The lowest BCUT2D eigenvalue weighted by atomic mass is 10.2. The molecule has 8 heteroatoms. The van der Waals surface area contributed by atoms with Crippen LogP contribution in [0.4, 0.5) is 5.82 Å². The van der Waals surface area contributed by atoms with E-state index in [0.717, 1.165) is 42.4 Å². The summed E-state index contributed by atoms with van der Waals surface area (Å²) < 4.78 is 1.98. The average Bonchev–Trinajstić information content (AvgIpc) is 3.36. The summed E-state index contributed by atoms with van der Waals surface area (Å²) in [5, 5.41) is 7.18. The van der Waals surface area contributed by atoms with Crippen LogP contribution in [0.3, 0.4) is 0 Å². The van der Waals surface area contributed by atoms with Gasteiger partial charge in [0.1, 0.15) is 23.5 Å². The van der Waals surface area contributed by atoms with E-state index in [0.29, 0.717) is 18.8 Å². The van der Waals surface area contributed by atoms with E-state index >= 15 is 0 Å². The Morgan fingerprint density at radius 3 is 2.70 bits per heavy atom. The molecule has 1 saturated heterocycles. The average molecular weight is 365 g/mol. The summed E-state index contributed by atoms with van der Waals surface area (Å²) in [4.78, 5) is 25.5. The van der Waals surface area contributed by atoms with Gasteiger partial charge in [0, 0.05) is 51.2 Å². The molecule has 1 fully saturated rings. The highest BCUT2D eigenvalue weighted by Gasteiger charge is 2.24. The third-order valence-electron chi connectivity index (χ3n) is 4.98. The van der Waals surface area contributed by atoms with E-state index in [-0.39, 0.29) is 5.91 Å². The molecule has 0 spiro atoms. The third-order valence-corrected chi connectivity index (χ3v) is 4.98. The normalized spacial score (nSPS) is 14.6. The van der Waals surface area contributed by atoms with Gasteiger partial charge in [-0.05, 0) is 24.6 Å². The lowest BCUT2D eigenvalue weighted by Gasteiger charge is -2.35. The van der Waals surface area contributed by atoms with E-state index < -0.39 is 0 Å². The molecule has 1 aliphatic rings. The van der Waals surface area contributed by atoms with Crippen LogP contribution >= 0.6 is 0 Å². The largest absolute Gasteiger partial charge is 0.353 e. The van der Waals surface area contributed by atoms with E-state index in [9.17, 15) is 4.79 Å². The number of nitrogens with zero attached hydrogens (tertiary/aromatic N) is 6. The van der Waals surface area contributed by atoms with E-state index in [2.05, 4.69) is 32.0 Å². The lowest BCUT2D eigenvalue weighted by molar-refractivity contribution is 0.0740. The monoisotopic (exact) mass is 365 g/mol. The molecule has 4 rings (SSSR count). The van der Waals surface area contributed by atoms with Crippen molar-refractivity contribution in [2.45, 2.75) is 13.3 Å². The first-order valence-electron chi connectivity index (χ1n) is 9.18. The van der Waals surface area contributed by atoms with E-state index in [1.165, 1.54) is 0 Å². The van der Waals surface area contributed by atoms with Crippen LogP contribution in [0.5, 0.6) is 0 Å². The summed E-state index contributed by atoms with van der Waals surface area (Å²) in [7, 11) is 1.96. The molecule has 0 aromatic carbocycles. The van der Waals surface area contributed by atoms with Gasteiger partial charge in [-0.2, -0.15) is 5.10 Å². The van der Waals surface area contributed by atoms with Crippen LogP contribution in [-0.2, 0) is 13.5 Å². The summed E-state index contributed by atoms with van der Waals surface area (Å²) in [5.41, 5.74) is 3.31. The Morgan fingerprint density at radius 2 is 2.00 bits per heavy atom. The fourth-order valence-corrected chi connectivity index (χ4v) is 3.35. The van der Waals surface area contributed by atoms with Gasteiger partial charge < -0.3 is 14.4 Å². The minimum atomic E-state index is -0.0143. The van der Waals surface area contributed by atoms with Crippen molar-refractivity contribution in [1.82, 2.24) is 29.6 Å². The molecule has 0 aliphatic carbocycles. The second-order valence-electron chi connectivity index (χ2n) is 6.67. The number of aromatic amines is 1. The highest BCUT2D eigenvalue weighted by atomic mass is 16.2. The minimum Gasteiger partial charge on any atom is -0.353 e. The number of H-pyrrole nitrogens is 1. The van der Waals surface area contributed by atoms with Gasteiger partial charge in [-0.25, -0.2) is 9.97 Å². The fraction of sp³-hybridized carbons (Fsp3) is 0.368. The number of carbonyl (C=O) groups is 1. The second-order valence-corrected chi connectivity index (χ2v) is 6.67. The first kappa shape index (κ1) is 17.3. The van der Waals surface area contributed by atoms with Crippen molar-refractivity contribution < 1.29 is 4.79 Å². The highest BCUT2D eigenvalue weighted by Crippen LogP contribution is 2.19. The van der Waals surface area contributed by atoms with Gasteiger partial charge in [0.15, 0.2) is 0 Å². The summed E-state index contributed by atoms with van der Waals surface area (Å²) in [6, 6.07) is 7.79. The molecule has 8 nitrogen and oxygen atoms in total. The van der Waals surface area contributed by atoms with Crippen LogP contribution in [0.25, 0.3) is 11.4 Å². The molecule has 0 unspecified atom stereocenters. The van der Waals surface area contributed by atoms with Gasteiger partial charge in [-0.15, -0.1) is 0 Å². The summed E-state index contributed by atoms with van der Waals surface area (Å²) in [6.45, 7) is 4.90. The number of rotatable bonds is 4. The van der Waals surface area contributed by atoms with Crippen LogP contribution < -0.4 is 4.90 Å². The summed E-state index contributed by atoms with van der Waals surface area (Å²) in [6.07, 6.45) is 4.46. The van der Waals surface area contributed by atoms with Crippen molar-refractivity contribution in [2.75, 3.05) is 31.1 Å². The van der Waals surface area contributed by atoms with E-state index in [4.69, 9.17) is 0 Å². The molecule has 3 aromatic rings. The van der Waals surface area contributed by atoms with Crippen LogP contribution in [0.2, 0.25) is 0 Å². The van der Waals surface area contributed by atoms with Gasteiger partial charge in [0.05, 0.1) is 5.69 Å². The number of carbonyl (C=O) groups excluding carboxylic acids is 1. The van der Waals surface area contributed by atoms with E-state index in [1.807, 2.05) is 47.0 Å². The Bertz CT molecular complexity index is 937. The molecule has 1 aliphatic heterocycles. The van der Waals surface area contributed by atoms with Crippen molar-refractivity contribution in [3.05, 3.63) is 48.2 Å². The number of piperazine rings is 1. The Labute approximate surface area is 157 Å². The van der Waals surface area contributed by atoms with Gasteiger partial charge in [-0.1, -0.05) is 6.92 Å². The number of hydrogen-bond donors (Lipinski definition) is 1.